The van der Waals surface area contributed by atoms with E-state index < -0.39 is 11.7 Å². The van der Waals surface area contributed by atoms with Crippen LogP contribution in [0.3, 0.4) is 0 Å². The van der Waals surface area contributed by atoms with Gasteiger partial charge in [0.15, 0.2) is 0 Å². The second-order valence-electron chi connectivity index (χ2n) is 6.42. The predicted molar refractivity (Wildman–Crippen MR) is 102 cm³/mol. The molecule has 142 valence electrons. The number of hydrogen-bond donors (Lipinski definition) is 1. The van der Waals surface area contributed by atoms with Gasteiger partial charge in [0.05, 0.1) is 17.1 Å². The van der Waals surface area contributed by atoms with Gasteiger partial charge in [-0.05, 0) is 17.7 Å². The Morgan fingerprint density at radius 3 is 2.37 bits per heavy atom. The van der Waals surface area contributed by atoms with E-state index in [2.05, 4.69) is 22.3 Å². The summed E-state index contributed by atoms with van der Waals surface area (Å²) in [6.07, 6.45) is 0. The Labute approximate surface area is 162 Å². The maximum Gasteiger partial charge on any atom is 0.256 e. The predicted octanol–water partition coefficient (Wildman–Crippen LogP) is 2.55. The summed E-state index contributed by atoms with van der Waals surface area (Å²) in [6, 6.07) is 14.2. The zero-order valence-electron chi connectivity index (χ0n) is 14.8. The highest BCUT2D eigenvalue weighted by Crippen LogP contribution is 2.18. The molecule has 1 aliphatic heterocycles. The van der Waals surface area contributed by atoms with Gasteiger partial charge >= 0.3 is 0 Å². The number of hydrogen-bond acceptors (Lipinski definition) is 3. The van der Waals surface area contributed by atoms with E-state index in [0.29, 0.717) is 13.1 Å². The van der Waals surface area contributed by atoms with Gasteiger partial charge in [-0.2, -0.15) is 0 Å². The van der Waals surface area contributed by atoms with Gasteiger partial charge in [0, 0.05) is 32.7 Å². The van der Waals surface area contributed by atoms with Gasteiger partial charge in [-0.25, -0.2) is 4.39 Å². The summed E-state index contributed by atoms with van der Waals surface area (Å²) in [6.45, 7) is 3.42. The molecular formula is C20H21ClFN3O2. The number of rotatable bonds is 5. The summed E-state index contributed by atoms with van der Waals surface area (Å²) >= 11 is 5.87. The van der Waals surface area contributed by atoms with Gasteiger partial charge < -0.3 is 10.2 Å². The molecule has 2 aromatic rings. The van der Waals surface area contributed by atoms with Crippen molar-refractivity contribution in [2.75, 3.05) is 32.7 Å². The van der Waals surface area contributed by atoms with E-state index >= 15 is 0 Å². The van der Waals surface area contributed by atoms with Crippen LogP contribution in [0.4, 0.5) is 4.39 Å². The second kappa shape index (κ2) is 8.97. The zero-order valence-corrected chi connectivity index (χ0v) is 15.6. The monoisotopic (exact) mass is 389 g/mol. The minimum absolute atomic E-state index is 0.0227. The van der Waals surface area contributed by atoms with E-state index in [4.69, 9.17) is 11.6 Å². The van der Waals surface area contributed by atoms with Crippen LogP contribution in [0.1, 0.15) is 15.9 Å². The van der Waals surface area contributed by atoms with Crippen LogP contribution in [-0.4, -0.2) is 54.3 Å². The van der Waals surface area contributed by atoms with E-state index in [0.717, 1.165) is 25.7 Å². The molecule has 2 amide bonds. The molecule has 7 heteroatoms. The highest BCUT2D eigenvalue weighted by Gasteiger charge is 2.22. The Bertz CT molecular complexity index is 788. The first-order valence-corrected chi connectivity index (χ1v) is 9.18. The summed E-state index contributed by atoms with van der Waals surface area (Å²) in [4.78, 5) is 28.5. The van der Waals surface area contributed by atoms with E-state index in [-0.39, 0.29) is 23.0 Å². The maximum absolute atomic E-state index is 13.8. The van der Waals surface area contributed by atoms with Gasteiger partial charge in [0.25, 0.3) is 5.91 Å². The van der Waals surface area contributed by atoms with Crippen LogP contribution in [0.25, 0.3) is 0 Å². The third kappa shape index (κ3) is 5.05. The van der Waals surface area contributed by atoms with Crippen LogP contribution in [0.15, 0.2) is 48.5 Å². The van der Waals surface area contributed by atoms with Crippen molar-refractivity contribution in [3.8, 4) is 0 Å². The minimum atomic E-state index is -0.707. The van der Waals surface area contributed by atoms with Gasteiger partial charge in [-0.3, -0.25) is 14.5 Å². The number of benzene rings is 2. The lowest BCUT2D eigenvalue weighted by Gasteiger charge is -2.34. The lowest BCUT2D eigenvalue weighted by Crippen LogP contribution is -2.50. The van der Waals surface area contributed by atoms with Gasteiger partial charge in [0.1, 0.15) is 5.82 Å². The Balaban J connectivity index is 1.46. The summed E-state index contributed by atoms with van der Waals surface area (Å²) in [5, 5.41) is 2.48. The SMILES string of the molecule is O=C(NCC(=O)N1CCN(Cc2ccccc2)CC1)c1c(F)cccc1Cl. The lowest BCUT2D eigenvalue weighted by atomic mass is 10.2. The second-order valence-corrected chi connectivity index (χ2v) is 6.83. The first kappa shape index (κ1) is 19.3. The Kier molecular flexibility index (Phi) is 6.42. The van der Waals surface area contributed by atoms with E-state index in [1.807, 2.05) is 18.2 Å². The van der Waals surface area contributed by atoms with Crippen molar-refractivity contribution in [1.82, 2.24) is 15.1 Å². The van der Waals surface area contributed by atoms with Crippen molar-refractivity contribution in [3.05, 3.63) is 70.5 Å². The third-order valence-electron chi connectivity index (χ3n) is 4.56. The number of nitrogens with zero attached hydrogens (tertiary/aromatic N) is 2. The van der Waals surface area contributed by atoms with Crippen LogP contribution < -0.4 is 5.32 Å². The van der Waals surface area contributed by atoms with Crippen molar-refractivity contribution in [2.24, 2.45) is 0 Å². The number of halogens is 2. The van der Waals surface area contributed by atoms with Crippen molar-refractivity contribution in [2.45, 2.75) is 6.54 Å². The summed E-state index contributed by atoms with van der Waals surface area (Å²) < 4.78 is 13.8. The molecule has 5 nitrogen and oxygen atoms in total. The molecule has 1 heterocycles. The largest absolute Gasteiger partial charge is 0.343 e. The molecule has 0 aliphatic carbocycles. The maximum atomic E-state index is 13.8. The van der Waals surface area contributed by atoms with Crippen molar-refractivity contribution in [3.63, 3.8) is 0 Å². The topological polar surface area (TPSA) is 52.7 Å². The minimum Gasteiger partial charge on any atom is -0.343 e. The molecule has 0 atom stereocenters. The molecule has 1 saturated heterocycles. The first-order chi connectivity index (χ1) is 13.0. The van der Waals surface area contributed by atoms with Crippen LogP contribution in [0.2, 0.25) is 5.02 Å². The van der Waals surface area contributed by atoms with Crippen molar-refractivity contribution < 1.29 is 14.0 Å². The molecule has 3 rings (SSSR count). The quantitative estimate of drug-likeness (QED) is 0.855. The van der Waals surface area contributed by atoms with Crippen LogP contribution >= 0.6 is 11.6 Å². The normalized spacial score (nSPS) is 14.8. The molecule has 2 aromatic carbocycles. The number of carbonyl (C=O) groups excluding carboxylic acids is 2. The fourth-order valence-corrected chi connectivity index (χ4v) is 3.32. The summed E-state index contributed by atoms with van der Waals surface area (Å²) in [5.74, 6) is -1.58. The number of carbonyl (C=O) groups is 2. The molecule has 0 radical (unpaired) electrons. The Morgan fingerprint density at radius 2 is 1.70 bits per heavy atom. The van der Waals surface area contributed by atoms with Crippen LogP contribution in [0.5, 0.6) is 0 Å². The fraction of sp³-hybridized carbons (Fsp3) is 0.300. The fourth-order valence-electron chi connectivity index (χ4n) is 3.07. The van der Waals surface area contributed by atoms with Crippen LogP contribution in [-0.2, 0) is 11.3 Å². The standard InChI is InChI=1S/C20H21ClFN3O2/c21-16-7-4-8-17(22)19(16)20(27)23-13-18(26)25-11-9-24(10-12-25)14-15-5-2-1-3-6-15/h1-8H,9-14H2,(H,23,27). The Hall–Kier alpha value is -2.44. The highest BCUT2D eigenvalue weighted by molar-refractivity contribution is 6.33. The first-order valence-electron chi connectivity index (χ1n) is 8.81. The van der Waals surface area contributed by atoms with E-state index in [9.17, 15) is 14.0 Å². The van der Waals surface area contributed by atoms with Crippen molar-refractivity contribution >= 4 is 23.4 Å². The molecule has 1 fully saturated rings. The molecule has 0 aromatic heterocycles. The molecule has 27 heavy (non-hydrogen) atoms. The molecule has 0 unspecified atom stereocenters. The molecule has 0 spiro atoms. The van der Waals surface area contributed by atoms with Crippen molar-refractivity contribution in [1.29, 1.82) is 0 Å². The van der Waals surface area contributed by atoms with Crippen LogP contribution in [0, 0.1) is 5.82 Å². The van der Waals surface area contributed by atoms with Gasteiger partial charge in [-0.1, -0.05) is 48.0 Å². The number of nitrogens with one attached hydrogen (secondary N) is 1. The lowest BCUT2D eigenvalue weighted by molar-refractivity contribution is -0.131. The average Bonchev–Trinajstić information content (AvgIpc) is 2.67. The summed E-state index contributed by atoms with van der Waals surface area (Å²) in [7, 11) is 0. The highest BCUT2D eigenvalue weighted by atomic mass is 35.5. The van der Waals surface area contributed by atoms with Gasteiger partial charge in [-0.15, -0.1) is 0 Å². The average molecular weight is 390 g/mol. The smallest absolute Gasteiger partial charge is 0.256 e. The number of piperazine rings is 1. The van der Waals surface area contributed by atoms with E-state index in [1.54, 1.807) is 4.90 Å². The summed E-state index contributed by atoms with van der Waals surface area (Å²) in [5.41, 5.74) is 1.01. The van der Waals surface area contributed by atoms with Gasteiger partial charge in [0.2, 0.25) is 5.91 Å². The third-order valence-corrected chi connectivity index (χ3v) is 4.88. The zero-order chi connectivity index (χ0) is 19.2. The Morgan fingerprint density at radius 1 is 1.00 bits per heavy atom. The van der Waals surface area contributed by atoms with E-state index in [1.165, 1.54) is 17.7 Å². The molecule has 0 saturated carbocycles. The number of amides is 2. The molecule has 0 bridgehead atoms. The molecular weight excluding hydrogens is 369 g/mol. The molecule has 1 aliphatic rings. The molecule has 1 N–H and O–H groups in total.